The van der Waals surface area contributed by atoms with Gasteiger partial charge in [-0.3, -0.25) is 0 Å². The van der Waals surface area contributed by atoms with Gasteiger partial charge >= 0.3 is 0 Å². The number of nitriles is 1. The standard InChI is InChI=1S/C20H19N3O2/c1-23(2)11-12-24-17-9-7-15(8-10-17)13-16(14-21)20-18-5-3-4-6-19(18)25-22-20/h3-10,13H,11-12H2,1-2H3/b16-13+. The van der Waals surface area contributed by atoms with Crippen LogP contribution in [-0.2, 0) is 0 Å². The molecular weight excluding hydrogens is 314 g/mol. The first-order valence-electron chi connectivity index (χ1n) is 8.01. The van der Waals surface area contributed by atoms with E-state index in [0.29, 0.717) is 23.5 Å². The number of allylic oxidation sites excluding steroid dienone is 1. The van der Waals surface area contributed by atoms with Gasteiger partial charge in [0.05, 0.1) is 11.0 Å². The molecule has 0 aliphatic heterocycles. The first-order chi connectivity index (χ1) is 12.2. The number of aromatic nitrogens is 1. The van der Waals surface area contributed by atoms with E-state index in [0.717, 1.165) is 23.2 Å². The lowest BCUT2D eigenvalue weighted by Gasteiger charge is -2.10. The first kappa shape index (κ1) is 16.7. The van der Waals surface area contributed by atoms with E-state index < -0.39 is 0 Å². The Bertz CT molecular complexity index is 918. The summed E-state index contributed by atoms with van der Waals surface area (Å²) in [6.07, 6.45) is 1.80. The molecule has 0 fully saturated rings. The molecule has 0 saturated heterocycles. The van der Waals surface area contributed by atoms with Crippen molar-refractivity contribution < 1.29 is 9.26 Å². The summed E-state index contributed by atoms with van der Waals surface area (Å²) < 4.78 is 11.0. The van der Waals surface area contributed by atoms with Crippen LogP contribution in [0.4, 0.5) is 0 Å². The van der Waals surface area contributed by atoms with Gasteiger partial charge in [-0.05, 0) is 50.0 Å². The van der Waals surface area contributed by atoms with Crippen molar-refractivity contribution >= 4 is 22.6 Å². The third kappa shape index (κ3) is 4.06. The van der Waals surface area contributed by atoms with Crippen LogP contribution in [0.1, 0.15) is 11.3 Å². The van der Waals surface area contributed by atoms with Gasteiger partial charge in [0.25, 0.3) is 0 Å². The molecule has 25 heavy (non-hydrogen) atoms. The minimum absolute atomic E-state index is 0.464. The lowest BCUT2D eigenvalue weighted by atomic mass is 10.1. The zero-order valence-electron chi connectivity index (χ0n) is 14.3. The van der Waals surface area contributed by atoms with E-state index in [1.807, 2.05) is 62.6 Å². The highest BCUT2D eigenvalue weighted by atomic mass is 16.5. The molecule has 0 spiro atoms. The van der Waals surface area contributed by atoms with Gasteiger partial charge in [0.2, 0.25) is 0 Å². The van der Waals surface area contributed by atoms with Crippen LogP contribution in [0, 0.1) is 11.3 Å². The molecule has 0 N–H and O–H groups in total. The second-order valence-corrected chi connectivity index (χ2v) is 5.92. The van der Waals surface area contributed by atoms with E-state index in [4.69, 9.17) is 9.26 Å². The maximum Gasteiger partial charge on any atom is 0.167 e. The minimum Gasteiger partial charge on any atom is -0.492 e. The molecule has 0 radical (unpaired) electrons. The SMILES string of the molecule is CN(C)CCOc1ccc(/C=C(\C#N)c2noc3ccccc23)cc1. The van der Waals surface area contributed by atoms with Gasteiger partial charge in [-0.1, -0.05) is 29.4 Å². The summed E-state index contributed by atoms with van der Waals surface area (Å²) in [7, 11) is 4.02. The number of hydrogen-bond donors (Lipinski definition) is 0. The minimum atomic E-state index is 0.464. The number of likely N-dealkylation sites (N-methyl/N-ethyl adjacent to an activating group) is 1. The lowest BCUT2D eigenvalue weighted by Crippen LogP contribution is -2.19. The normalized spacial score (nSPS) is 11.7. The van der Waals surface area contributed by atoms with Crippen LogP contribution in [0.15, 0.2) is 53.1 Å². The number of benzene rings is 2. The highest BCUT2D eigenvalue weighted by Crippen LogP contribution is 2.26. The van der Waals surface area contributed by atoms with Crippen molar-refractivity contribution in [2.75, 3.05) is 27.2 Å². The van der Waals surface area contributed by atoms with E-state index in [-0.39, 0.29) is 0 Å². The van der Waals surface area contributed by atoms with Gasteiger partial charge in [-0.2, -0.15) is 5.26 Å². The third-order valence-corrected chi connectivity index (χ3v) is 3.75. The summed E-state index contributed by atoms with van der Waals surface area (Å²) in [5.74, 6) is 0.810. The molecule has 0 atom stereocenters. The Morgan fingerprint density at radius 1 is 1.20 bits per heavy atom. The zero-order chi connectivity index (χ0) is 17.6. The Hall–Kier alpha value is -3.10. The molecule has 0 amide bonds. The van der Waals surface area contributed by atoms with Crippen molar-refractivity contribution in [2.24, 2.45) is 0 Å². The molecule has 126 valence electrons. The highest BCUT2D eigenvalue weighted by Gasteiger charge is 2.12. The molecule has 2 aromatic carbocycles. The van der Waals surface area contributed by atoms with Crippen LogP contribution < -0.4 is 4.74 Å². The number of rotatable bonds is 6. The summed E-state index contributed by atoms with van der Waals surface area (Å²) in [5, 5.41) is 14.4. The number of hydrogen-bond acceptors (Lipinski definition) is 5. The van der Waals surface area contributed by atoms with Crippen LogP contribution in [-0.4, -0.2) is 37.3 Å². The van der Waals surface area contributed by atoms with Gasteiger partial charge in [-0.15, -0.1) is 0 Å². The fourth-order valence-electron chi connectivity index (χ4n) is 2.41. The molecule has 0 unspecified atom stereocenters. The van der Waals surface area contributed by atoms with Crippen LogP contribution in [0.25, 0.3) is 22.6 Å². The molecule has 0 aliphatic rings. The van der Waals surface area contributed by atoms with Crippen molar-refractivity contribution in [3.63, 3.8) is 0 Å². The van der Waals surface area contributed by atoms with Crippen LogP contribution in [0.2, 0.25) is 0 Å². The summed E-state index contributed by atoms with van der Waals surface area (Å²) in [4.78, 5) is 2.07. The number of para-hydroxylation sites is 1. The highest BCUT2D eigenvalue weighted by molar-refractivity contribution is 5.98. The number of fused-ring (bicyclic) bond motifs is 1. The number of nitrogens with zero attached hydrogens (tertiary/aromatic N) is 3. The largest absolute Gasteiger partial charge is 0.492 e. The van der Waals surface area contributed by atoms with Gasteiger partial charge in [-0.25, -0.2) is 0 Å². The Kier molecular flexibility index (Phi) is 5.12. The zero-order valence-corrected chi connectivity index (χ0v) is 14.3. The van der Waals surface area contributed by atoms with Gasteiger partial charge in [0.15, 0.2) is 5.58 Å². The van der Waals surface area contributed by atoms with Crippen LogP contribution in [0.3, 0.4) is 0 Å². The Morgan fingerprint density at radius 2 is 1.96 bits per heavy atom. The van der Waals surface area contributed by atoms with Crippen molar-refractivity contribution in [1.29, 1.82) is 5.26 Å². The topological polar surface area (TPSA) is 62.3 Å². The average molecular weight is 333 g/mol. The predicted molar refractivity (Wildman–Crippen MR) is 98.0 cm³/mol. The average Bonchev–Trinajstić information content (AvgIpc) is 3.05. The lowest BCUT2D eigenvalue weighted by molar-refractivity contribution is 0.261. The second kappa shape index (κ2) is 7.65. The van der Waals surface area contributed by atoms with Gasteiger partial charge in [0.1, 0.15) is 24.1 Å². The van der Waals surface area contributed by atoms with Crippen LogP contribution >= 0.6 is 0 Å². The molecule has 0 saturated carbocycles. The van der Waals surface area contributed by atoms with E-state index in [2.05, 4.69) is 16.1 Å². The fourth-order valence-corrected chi connectivity index (χ4v) is 2.41. The molecule has 3 aromatic rings. The summed E-state index contributed by atoms with van der Waals surface area (Å²) >= 11 is 0. The summed E-state index contributed by atoms with van der Waals surface area (Å²) in [6, 6.07) is 17.4. The molecular formula is C20H19N3O2. The van der Waals surface area contributed by atoms with Crippen LogP contribution in [0.5, 0.6) is 5.75 Å². The molecule has 1 aromatic heterocycles. The summed E-state index contributed by atoms with van der Waals surface area (Å²) in [5.41, 5.74) is 2.60. The first-order valence-corrected chi connectivity index (χ1v) is 8.01. The van der Waals surface area contributed by atoms with Crippen molar-refractivity contribution in [3.05, 3.63) is 59.8 Å². The monoisotopic (exact) mass is 333 g/mol. The Labute approximate surface area is 146 Å². The Balaban J connectivity index is 1.80. The predicted octanol–water partition coefficient (Wildman–Crippen LogP) is 3.83. The molecule has 3 rings (SSSR count). The van der Waals surface area contributed by atoms with Gasteiger partial charge < -0.3 is 14.2 Å². The van der Waals surface area contributed by atoms with E-state index in [1.54, 1.807) is 6.08 Å². The van der Waals surface area contributed by atoms with E-state index in [9.17, 15) is 5.26 Å². The molecule has 0 bridgehead atoms. The van der Waals surface area contributed by atoms with Crippen molar-refractivity contribution in [2.45, 2.75) is 0 Å². The maximum absolute atomic E-state index is 9.51. The quantitative estimate of drug-likeness (QED) is 0.642. The molecule has 0 aliphatic carbocycles. The Morgan fingerprint density at radius 3 is 2.68 bits per heavy atom. The van der Waals surface area contributed by atoms with E-state index in [1.165, 1.54) is 0 Å². The van der Waals surface area contributed by atoms with Crippen molar-refractivity contribution in [3.8, 4) is 11.8 Å². The third-order valence-electron chi connectivity index (χ3n) is 3.75. The number of ether oxygens (including phenoxy) is 1. The van der Waals surface area contributed by atoms with Crippen molar-refractivity contribution in [1.82, 2.24) is 10.1 Å². The summed E-state index contributed by atoms with van der Waals surface area (Å²) in [6.45, 7) is 1.50. The van der Waals surface area contributed by atoms with E-state index >= 15 is 0 Å². The van der Waals surface area contributed by atoms with Gasteiger partial charge in [0, 0.05) is 6.54 Å². The maximum atomic E-state index is 9.51. The second-order valence-electron chi connectivity index (χ2n) is 5.92. The molecule has 1 heterocycles. The molecule has 5 heteroatoms. The fraction of sp³-hybridized carbons (Fsp3) is 0.200. The molecule has 5 nitrogen and oxygen atoms in total. The smallest absolute Gasteiger partial charge is 0.167 e.